The molecule has 0 aromatic heterocycles. The number of benzene rings is 2. The van der Waals surface area contributed by atoms with Crippen LogP contribution in [0.15, 0.2) is 48.5 Å². The summed E-state index contributed by atoms with van der Waals surface area (Å²) in [5.41, 5.74) is -1.28. The van der Waals surface area contributed by atoms with Gasteiger partial charge in [0, 0.05) is 18.6 Å². The van der Waals surface area contributed by atoms with E-state index >= 15 is 0 Å². The van der Waals surface area contributed by atoms with Gasteiger partial charge in [0.2, 0.25) is 0 Å². The maximum absolute atomic E-state index is 13.8. The van der Waals surface area contributed by atoms with Crippen LogP contribution in [-0.4, -0.2) is 22.1 Å². The molecule has 0 amide bonds. The molecule has 4 rings (SSSR count). The second-order valence-corrected chi connectivity index (χ2v) is 7.71. The Labute approximate surface area is 155 Å². The quantitative estimate of drug-likeness (QED) is 0.770. The summed E-state index contributed by atoms with van der Waals surface area (Å²) < 4.78 is 53.0. The third kappa shape index (κ3) is 3.60. The normalized spacial score (nSPS) is 28.5. The molecule has 2 aliphatic rings. The fourth-order valence-corrected chi connectivity index (χ4v) is 4.63. The fourth-order valence-electron chi connectivity index (χ4n) is 4.63. The lowest BCUT2D eigenvalue weighted by Crippen LogP contribution is -2.49. The molecule has 0 saturated carbocycles. The Kier molecular flexibility index (Phi) is 4.51. The van der Waals surface area contributed by atoms with E-state index in [4.69, 9.17) is 0 Å². The van der Waals surface area contributed by atoms with E-state index in [9.17, 15) is 22.7 Å². The number of hydrogen-bond acceptors (Lipinski definition) is 2. The first kappa shape index (κ1) is 18.4. The predicted octanol–water partition coefficient (Wildman–Crippen LogP) is 4.86. The van der Waals surface area contributed by atoms with Gasteiger partial charge in [-0.05, 0) is 55.0 Å². The summed E-state index contributed by atoms with van der Waals surface area (Å²) in [5, 5.41) is 11.2. The highest BCUT2D eigenvalue weighted by Crippen LogP contribution is 2.47. The second kappa shape index (κ2) is 6.60. The van der Waals surface area contributed by atoms with Crippen LogP contribution in [0.25, 0.3) is 0 Å². The molecule has 27 heavy (non-hydrogen) atoms. The molecule has 2 nitrogen and oxygen atoms in total. The van der Waals surface area contributed by atoms with Gasteiger partial charge in [-0.1, -0.05) is 30.3 Å². The largest absolute Gasteiger partial charge is 0.416 e. The zero-order valence-corrected chi connectivity index (χ0v) is 14.7. The molecule has 2 fully saturated rings. The van der Waals surface area contributed by atoms with E-state index in [1.54, 1.807) is 0 Å². The van der Waals surface area contributed by atoms with Gasteiger partial charge in [-0.3, -0.25) is 4.90 Å². The molecule has 2 aromatic rings. The summed E-state index contributed by atoms with van der Waals surface area (Å²) in [4.78, 5) is 2.33. The number of fused-ring (bicyclic) bond motifs is 2. The SMILES string of the molecule is OC1(c2cc(F)cc(C(F)(F)F)c2)CC2CCC(C1)N2Cc1ccccc1. The third-order valence-electron chi connectivity index (χ3n) is 5.89. The van der Waals surface area contributed by atoms with E-state index in [1.165, 1.54) is 5.56 Å². The Morgan fingerprint density at radius 3 is 2.22 bits per heavy atom. The first-order valence-corrected chi connectivity index (χ1v) is 9.15. The number of halogens is 4. The molecule has 0 aliphatic carbocycles. The molecular formula is C21H21F4NO. The molecule has 2 bridgehead atoms. The Morgan fingerprint density at radius 1 is 1.00 bits per heavy atom. The van der Waals surface area contributed by atoms with Crippen molar-refractivity contribution in [3.8, 4) is 0 Å². The zero-order chi connectivity index (χ0) is 19.2. The maximum Gasteiger partial charge on any atom is 0.416 e. The number of aliphatic hydroxyl groups is 1. The fraction of sp³-hybridized carbons (Fsp3) is 0.429. The van der Waals surface area contributed by atoms with E-state index < -0.39 is 23.2 Å². The van der Waals surface area contributed by atoms with Gasteiger partial charge < -0.3 is 5.11 Å². The molecule has 2 aliphatic heterocycles. The van der Waals surface area contributed by atoms with Gasteiger partial charge in [-0.2, -0.15) is 13.2 Å². The van der Waals surface area contributed by atoms with Gasteiger partial charge >= 0.3 is 6.18 Å². The standard InChI is InChI=1S/C21H21F4NO/c22-17-9-15(8-16(10-17)21(23,24)25)20(27)11-18-6-7-19(12-20)26(18)13-14-4-2-1-3-5-14/h1-5,8-10,18-19,27H,6-7,11-13H2. The third-order valence-corrected chi connectivity index (χ3v) is 5.89. The van der Waals surface area contributed by atoms with E-state index in [0.717, 1.165) is 31.5 Å². The van der Waals surface area contributed by atoms with Crippen LogP contribution in [0.1, 0.15) is 42.4 Å². The van der Waals surface area contributed by atoms with Crippen molar-refractivity contribution in [2.24, 2.45) is 0 Å². The summed E-state index contributed by atoms with van der Waals surface area (Å²) in [5.74, 6) is -0.965. The van der Waals surface area contributed by atoms with Gasteiger partial charge in [0.15, 0.2) is 0 Å². The van der Waals surface area contributed by atoms with Crippen molar-refractivity contribution in [2.75, 3.05) is 0 Å². The first-order valence-electron chi connectivity index (χ1n) is 9.15. The maximum atomic E-state index is 13.8. The molecule has 6 heteroatoms. The monoisotopic (exact) mass is 379 g/mol. The molecule has 2 atom stereocenters. The average molecular weight is 379 g/mol. The van der Waals surface area contributed by atoms with Gasteiger partial charge in [0.25, 0.3) is 0 Å². The highest BCUT2D eigenvalue weighted by atomic mass is 19.4. The van der Waals surface area contributed by atoms with Gasteiger partial charge in [0.05, 0.1) is 11.2 Å². The highest BCUT2D eigenvalue weighted by molar-refractivity contribution is 5.32. The van der Waals surface area contributed by atoms with E-state index in [-0.39, 0.29) is 17.6 Å². The lowest BCUT2D eigenvalue weighted by molar-refractivity contribution is -0.138. The predicted molar refractivity (Wildman–Crippen MR) is 93.3 cm³/mol. The highest BCUT2D eigenvalue weighted by Gasteiger charge is 2.48. The van der Waals surface area contributed by atoms with E-state index in [0.29, 0.717) is 18.9 Å². The summed E-state index contributed by atoms with van der Waals surface area (Å²) in [7, 11) is 0. The number of piperidine rings is 1. The molecule has 2 saturated heterocycles. The molecule has 2 heterocycles. The van der Waals surface area contributed by atoms with Gasteiger partial charge in [0.1, 0.15) is 5.82 Å². The van der Waals surface area contributed by atoms with Crippen LogP contribution in [0.3, 0.4) is 0 Å². The van der Waals surface area contributed by atoms with Crippen molar-refractivity contribution in [2.45, 2.75) is 56.1 Å². The smallest absolute Gasteiger partial charge is 0.385 e. The number of rotatable bonds is 3. The summed E-state index contributed by atoms with van der Waals surface area (Å²) in [6.07, 6.45) is -2.23. The summed E-state index contributed by atoms with van der Waals surface area (Å²) in [6.45, 7) is 0.753. The Bertz CT molecular complexity index is 807. The van der Waals surface area contributed by atoms with Crippen LogP contribution in [0.5, 0.6) is 0 Å². The minimum Gasteiger partial charge on any atom is -0.385 e. The van der Waals surface area contributed by atoms with Crippen molar-refractivity contribution in [1.82, 2.24) is 4.90 Å². The topological polar surface area (TPSA) is 23.5 Å². The molecule has 1 N–H and O–H groups in total. The Balaban J connectivity index is 1.59. The van der Waals surface area contributed by atoms with Crippen molar-refractivity contribution in [3.05, 3.63) is 71.0 Å². The Morgan fingerprint density at radius 2 is 1.63 bits per heavy atom. The van der Waals surface area contributed by atoms with Crippen LogP contribution in [0.2, 0.25) is 0 Å². The summed E-state index contributed by atoms with van der Waals surface area (Å²) >= 11 is 0. The second-order valence-electron chi connectivity index (χ2n) is 7.71. The van der Waals surface area contributed by atoms with Crippen LogP contribution in [-0.2, 0) is 18.3 Å². The van der Waals surface area contributed by atoms with Crippen molar-refractivity contribution in [1.29, 1.82) is 0 Å². The van der Waals surface area contributed by atoms with E-state index in [2.05, 4.69) is 4.90 Å². The number of alkyl halides is 3. The van der Waals surface area contributed by atoms with Crippen LogP contribution in [0.4, 0.5) is 17.6 Å². The lowest BCUT2D eigenvalue weighted by atomic mass is 9.79. The summed E-state index contributed by atoms with van der Waals surface area (Å²) in [6, 6.07) is 12.6. The molecule has 2 unspecified atom stereocenters. The van der Waals surface area contributed by atoms with E-state index in [1.807, 2.05) is 30.3 Å². The Hall–Kier alpha value is -1.92. The average Bonchev–Trinajstić information content (AvgIpc) is 2.85. The molecular weight excluding hydrogens is 358 g/mol. The molecule has 2 aromatic carbocycles. The van der Waals surface area contributed by atoms with Crippen molar-refractivity contribution < 1.29 is 22.7 Å². The van der Waals surface area contributed by atoms with Gasteiger partial charge in [-0.15, -0.1) is 0 Å². The van der Waals surface area contributed by atoms with Crippen LogP contribution in [0, 0.1) is 5.82 Å². The molecule has 0 radical (unpaired) electrons. The molecule has 144 valence electrons. The van der Waals surface area contributed by atoms with Crippen LogP contribution < -0.4 is 0 Å². The molecule has 0 spiro atoms. The number of hydrogen-bond donors (Lipinski definition) is 1. The van der Waals surface area contributed by atoms with Crippen LogP contribution >= 0.6 is 0 Å². The first-order chi connectivity index (χ1) is 12.7. The zero-order valence-electron chi connectivity index (χ0n) is 14.7. The number of nitrogens with zero attached hydrogens (tertiary/aromatic N) is 1. The van der Waals surface area contributed by atoms with Gasteiger partial charge in [-0.25, -0.2) is 4.39 Å². The van der Waals surface area contributed by atoms with Crippen molar-refractivity contribution >= 4 is 0 Å². The minimum absolute atomic E-state index is 0.0334. The lowest BCUT2D eigenvalue weighted by Gasteiger charge is -2.44. The van der Waals surface area contributed by atoms with Crippen molar-refractivity contribution in [3.63, 3.8) is 0 Å². The minimum atomic E-state index is -4.64.